The van der Waals surface area contributed by atoms with Crippen LogP contribution in [0.1, 0.15) is 26.2 Å². The molecule has 1 aliphatic heterocycles. The summed E-state index contributed by atoms with van der Waals surface area (Å²) in [5.41, 5.74) is 0. The van der Waals surface area contributed by atoms with Gasteiger partial charge >= 0.3 is 0 Å². The van der Waals surface area contributed by atoms with Gasteiger partial charge in [-0.25, -0.2) is 0 Å². The van der Waals surface area contributed by atoms with Crippen molar-refractivity contribution >= 4 is 10.8 Å². The Balaban J connectivity index is 2.04. The third-order valence-electron chi connectivity index (χ3n) is 2.93. The summed E-state index contributed by atoms with van der Waals surface area (Å²) in [6, 6.07) is 0.483. The van der Waals surface area contributed by atoms with Gasteiger partial charge in [0.05, 0.1) is 0 Å². The fourth-order valence-corrected chi connectivity index (χ4v) is 2.45. The molecule has 0 amide bonds. The predicted molar refractivity (Wildman–Crippen MR) is 64.6 cm³/mol. The van der Waals surface area contributed by atoms with Crippen molar-refractivity contribution in [2.75, 3.05) is 31.8 Å². The molecule has 0 aromatic heterocycles. The van der Waals surface area contributed by atoms with E-state index in [-0.39, 0.29) is 0 Å². The second kappa shape index (κ2) is 7.36. The Morgan fingerprint density at radius 2 is 2.13 bits per heavy atom. The lowest BCUT2D eigenvalue weighted by molar-refractivity contribution is 0.0656. The molecule has 1 aliphatic rings. The molecule has 4 heteroatoms. The average molecular weight is 233 g/mol. The van der Waals surface area contributed by atoms with Gasteiger partial charge in [-0.15, -0.1) is 0 Å². The van der Waals surface area contributed by atoms with Crippen LogP contribution in [0.2, 0.25) is 0 Å². The van der Waals surface area contributed by atoms with Crippen molar-refractivity contribution in [2.24, 2.45) is 5.92 Å². The van der Waals surface area contributed by atoms with Gasteiger partial charge in [0.25, 0.3) is 0 Å². The first-order valence-corrected chi connectivity index (χ1v) is 7.52. The third kappa shape index (κ3) is 6.28. The molecule has 0 aliphatic carbocycles. The number of rotatable bonds is 6. The van der Waals surface area contributed by atoms with Crippen molar-refractivity contribution < 1.29 is 8.95 Å². The van der Waals surface area contributed by atoms with E-state index in [1.54, 1.807) is 6.26 Å². The Hall–Kier alpha value is 0.0700. The van der Waals surface area contributed by atoms with Crippen LogP contribution < -0.4 is 5.32 Å². The maximum Gasteiger partial charge on any atom is 0.0469 e. The molecule has 90 valence electrons. The number of ether oxygens (including phenoxy) is 1. The summed E-state index contributed by atoms with van der Waals surface area (Å²) in [5.74, 6) is 1.58. The van der Waals surface area contributed by atoms with E-state index in [1.165, 1.54) is 12.8 Å². The van der Waals surface area contributed by atoms with Crippen LogP contribution in [-0.4, -0.2) is 42.0 Å². The van der Waals surface area contributed by atoms with Crippen molar-refractivity contribution in [1.82, 2.24) is 5.32 Å². The van der Waals surface area contributed by atoms with Crippen LogP contribution in [0.3, 0.4) is 0 Å². The predicted octanol–water partition coefficient (Wildman–Crippen LogP) is 1.16. The largest absolute Gasteiger partial charge is 0.381 e. The highest BCUT2D eigenvalue weighted by Gasteiger charge is 2.14. The molecule has 1 rings (SSSR count). The summed E-state index contributed by atoms with van der Waals surface area (Å²) in [5, 5.41) is 3.52. The van der Waals surface area contributed by atoms with E-state index in [2.05, 4.69) is 12.2 Å². The van der Waals surface area contributed by atoms with E-state index in [4.69, 9.17) is 4.74 Å². The highest BCUT2D eigenvalue weighted by atomic mass is 32.2. The quantitative estimate of drug-likeness (QED) is 0.748. The lowest BCUT2D eigenvalue weighted by Gasteiger charge is -2.24. The molecule has 1 fully saturated rings. The van der Waals surface area contributed by atoms with Crippen LogP contribution >= 0.6 is 0 Å². The molecule has 3 nitrogen and oxygen atoms in total. The highest BCUT2D eigenvalue weighted by molar-refractivity contribution is 7.84. The molecule has 0 radical (unpaired) electrons. The van der Waals surface area contributed by atoms with Crippen LogP contribution in [0.25, 0.3) is 0 Å². The summed E-state index contributed by atoms with van der Waals surface area (Å²) in [6.45, 7) is 5.09. The summed E-state index contributed by atoms with van der Waals surface area (Å²) in [7, 11) is -0.654. The zero-order valence-electron chi connectivity index (χ0n) is 9.83. The van der Waals surface area contributed by atoms with E-state index in [1.807, 2.05) is 0 Å². The molecule has 1 N–H and O–H groups in total. The van der Waals surface area contributed by atoms with Crippen LogP contribution in [0, 0.1) is 5.92 Å². The van der Waals surface area contributed by atoms with Crippen molar-refractivity contribution in [2.45, 2.75) is 32.2 Å². The number of hydrogen-bond acceptors (Lipinski definition) is 3. The maximum absolute atomic E-state index is 10.9. The number of hydrogen-bond donors (Lipinski definition) is 1. The SMILES string of the molecule is CC(CCS(C)=O)NCC1CCOCC1. The van der Waals surface area contributed by atoms with Gasteiger partial charge in [0.1, 0.15) is 0 Å². The summed E-state index contributed by atoms with van der Waals surface area (Å²) >= 11 is 0. The molecule has 15 heavy (non-hydrogen) atoms. The standard InChI is InChI=1S/C11H23NO2S/c1-10(5-8-15(2)13)12-9-11-3-6-14-7-4-11/h10-12H,3-9H2,1-2H3. The van der Waals surface area contributed by atoms with Crippen LogP contribution in [0.4, 0.5) is 0 Å². The average Bonchev–Trinajstić information content (AvgIpc) is 2.25. The molecule has 2 unspecified atom stereocenters. The van der Waals surface area contributed by atoms with E-state index in [9.17, 15) is 4.21 Å². The Labute approximate surface area is 95.4 Å². The molecule has 1 heterocycles. The van der Waals surface area contributed by atoms with E-state index < -0.39 is 10.8 Å². The molecule has 0 bridgehead atoms. The molecule has 1 saturated heterocycles. The zero-order valence-corrected chi connectivity index (χ0v) is 10.6. The molecule has 0 spiro atoms. The Morgan fingerprint density at radius 1 is 1.47 bits per heavy atom. The van der Waals surface area contributed by atoms with Gasteiger partial charge in [-0.2, -0.15) is 0 Å². The molecular formula is C11H23NO2S. The lowest BCUT2D eigenvalue weighted by Crippen LogP contribution is -2.34. The molecule has 0 aromatic carbocycles. The van der Waals surface area contributed by atoms with E-state index in [0.717, 1.165) is 37.9 Å². The fourth-order valence-electron chi connectivity index (χ4n) is 1.76. The second-order valence-electron chi connectivity index (χ2n) is 4.43. The minimum atomic E-state index is -0.654. The van der Waals surface area contributed by atoms with Gasteiger partial charge in [-0.1, -0.05) is 0 Å². The maximum atomic E-state index is 10.9. The van der Waals surface area contributed by atoms with Gasteiger partial charge in [0, 0.05) is 42.1 Å². The normalized spacial score (nSPS) is 22.5. The minimum Gasteiger partial charge on any atom is -0.381 e. The summed E-state index contributed by atoms with van der Waals surface area (Å²) in [4.78, 5) is 0. The first-order chi connectivity index (χ1) is 7.18. The zero-order chi connectivity index (χ0) is 11.1. The molecular weight excluding hydrogens is 210 g/mol. The highest BCUT2D eigenvalue weighted by Crippen LogP contribution is 2.13. The van der Waals surface area contributed by atoms with Crippen LogP contribution in [-0.2, 0) is 15.5 Å². The van der Waals surface area contributed by atoms with Gasteiger partial charge in [0.2, 0.25) is 0 Å². The van der Waals surface area contributed by atoms with Crippen molar-refractivity contribution in [3.05, 3.63) is 0 Å². The molecule has 0 saturated carbocycles. The van der Waals surface area contributed by atoms with Crippen LogP contribution in [0.5, 0.6) is 0 Å². The van der Waals surface area contributed by atoms with E-state index in [0.29, 0.717) is 6.04 Å². The number of nitrogens with one attached hydrogen (secondary N) is 1. The van der Waals surface area contributed by atoms with Gasteiger partial charge in [-0.05, 0) is 38.6 Å². The third-order valence-corrected chi connectivity index (χ3v) is 3.74. The van der Waals surface area contributed by atoms with Crippen molar-refractivity contribution in [3.63, 3.8) is 0 Å². The first-order valence-electron chi connectivity index (χ1n) is 5.79. The van der Waals surface area contributed by atoms with E-state index >= 15 is 0 Å². The monoisotopic (exact) mass is 233 g/mol. The smallest absolute Gasteiger partial charge is 0.0469 e. The molecule has 2 atom stereocenters. The second-order valence-corrected chi connectivity index (χ2v) is 5.99. The summed E-state index contributed by atoms with van der Waals surface area (Å²) in [6.07, 6.45) is 5.14. The van der Waals surface area contributed by atoms with Crippen molar-refractivity contribution in [3.8, 4) is 0 Å². The Morgan fingerprint density at radius 3 is 2.73 bits per heavy atom. The topological polar surface area (TPSA) is 38.3 Å². The Bertz CT molecular complexity index is 193. The Kier molecular flexibility index (Phi) is 6.45. The molecule has 0 aromatic rings. The first kappa shape index (κ1) is 13.1. The van der Waals surface area contributed by atoms with Gasteiger partial charge in [-0.3, -0.25) is 4.21 Å². The van der Waals surface area contributed by atoms with Crippen LogP contribution in [0.15, 0.2) is 0 Å². The van der Waals surface area contributed by atoms with Crippen molar-refractivity contribution in [1.29, 1.82) is 0 Å². The summed E-state index contributed by atoms with van der Waals surface area (Å²) < 4.78 is 16.2. The lowest BCUT2D eigenvalue weighted by atomic mass is 10.00. The fraction of sp³-hybridized carbons (Fsp3) is 1.00. The van der Waals surface area contributed by atoms with Gasteiger partial charge < -0.3 is 10.1 Å². The minimum absolute atomic E-state index is 0.483. The van der Waals surface area contributed by atoms with Gasteiger partial charge in [0.15, 0.2) is 0 Å².